The summed E-state index contributed by atoms with van der Waals surface area (Å²) in [7, 11) is 1.31. The van der Waals surface area contributed by atoms with Gasteiger partial charge in [0.15, 0.2) is 6.29 Å². The summed E-state index contributed by atoms with van der Waals surface area (Å²) < 4.78 is 46.5. The van der Waals surface area contributed by atoms with Gasteiger partial charge in [0.1, 0.15) is 64.8 Å². The number of nitrogens with zero attached hydrogens (tertiary/aromatic N) is 2. The van der Waals surface area contributed by atoms with Crippen molar-refractivity contribution in [3.05, 3.63) is 51.8 Å². The van der Waals surface area contributed by atoms with Crippen LogP contribution in [0.1, 0.15) is 128 Å². The molecule has 1 saturated carbocycles. The number of aliphatic hydroxyl groups excluding tert-OH is 3. The predicted octanol–water partition coefficient (Wildman–Crippen LogP) is 3.88. The summed E-state index contributed by atoms with van der Waals surface area (Å²) in [5.74, 6) is -2.03. The number of alkyl carbamates (subject to hydrolysis) is 4. The van der Waals surface area contributed by atoms with Gasteiger partial charge in [0.2, 0.25) is 5.91 Å². The SMILES string of the molecule is CN(C(=O)OC(C)(C)C)[C@@H]1[C@@H](O)[C@@H](O[C@H]2[C@H](NC(=O)[C@@H](O)CCNC(=O)OC(C)(C)C)C[C@H](NC(=O)OC(C)(C)C)C([C@H]3OC(CNC(=O)OCc4ccc([N+](=O)[O-])cc4)=CC[C@H]3NCCCCNC(=O)OC(C)(C)C)[C@@H]2O)OC[C@]1(C)O. The summed E-state index contributed by atoms with van der Waals surface area (Å²) in [6.45, 7) is 20.8. The normalized spacial score (nSPS) is 26.1. The van der Waals surface area contributed by atoms with Gasteiger partial charge in [-0.05, 0) is 152 Å². The van der Waals surface area contributed by atoms with Crippen LogP contribution >= 0.6 is 0 Å². The Balaban J connectivity index is 1.75. The lowest BCUT2D eigenvalue weighted by Gasteiger charge is -2.52. The molecule has 2 aliphatic heterocycles. The van der Waals surface area contributed by atoms with Crippen LogP contribution < -0.4 is 31.9 Å². The van der Waals surface area contributed by atoms with Crippen molar-refractivity contribution in [2.24, 2.45) is 5.92 Å². The van der Waals surface area contributed by atoms with Crippen LogP contribution in [0.15, 0.2) is 36.1 Å². The topological polar surface area (TPSA) is 376 Å². The van der Waals surface area contributed by atoms with Gasteiger partial charge in [-0.2, -0.15) is 0 Å². The Kier molecular flexibility index (Phi) is 24.6. The largest absolute Gasteiger partial charge is 0.491 e. The monoisotopic (exact) mass is 1180 g/mol. The number of hydrogen-bond acceptors (Lipinski definition) is 21. The fraction of sp³-hybridized carbons (Fsp3) is 0.745. The second-order valence-electron chi connectivity index (χ2n) is 25.1. The molecule has 470 valence electrons. The molecule has 2 fully saturated rings. The molecule has 0 aromatic heterocycles. The highest BCUT2D eigenvalue weighted by Gasteiger charge is 2.56. The van der Waals surface area contributed by atoms with Crippen LogP contribution in [-0.2, 0) is 49.3 Å². The molecule has 3 aliphatic rings. The lowest BCUT2D eigenvalue weighted by Crippen LogP contribution is -2.71. The Bertz CT molecular complexity index is 2380. The minimum atomic E-state index is -1.90. The van der Waals surface area contributed by atoms with Crippen molar-refractivity contribution >= 4 is 42.1 Å². The first-order valence-corrected chi connectivity index (χ1v) is 27.8. The van der Waals surface area contributed by atoms with E-state index in [1.165, 1.54) is 38.2 Å². The number of non-ortho nitro benzene ring substituents is 1. The Morgan fingerprint density at radius 3 is 1.90 bits per heavy atom. The van der Waals surface area contributed by atoms with Crippen molar-refractivity contribution in [1.29, 1.82) is 0 Å². The van der Waals surface area contributed by atoms with Gasteiger partial charge in [-0.15, -0.1) is 0 Å². The molecule has 0 spiro atoms. The molecular formula is C55H90N8O20. The first kappa shape index (κ1) is 69.2. The van der Waals surface area contributed by atoms with Gasteiger partial charge in [-0.1, -0.05) is 0 Å². The van der Waals surface area contributed by atoms with Crippen molar-refractivity contribution < 1.29 is 92.0 Å². The van der Waals surface area contributed by atoms with Gasteiger partial charge in [-0.3, -0.25) is 14.9 Å². The van der Waals surface area contributed by atoms with E-state index in [1.54, 1.807) is 89.2 Å². The second kappa shape index (κ2) is 29.5. The highest BCUT2D eigenvalue weighted by molar-refractivity contribution is 5.81. The summed E-state index contributed by atoms with van der Waals surface area (Å²) >= 11 is 0. The van der Waals surface area contributed by atoms with Crippen LogP contribution in [-0.4, -0.2) is 195 Å². The number of unbranched alkanes of at least 4 members (excludes halogenated alkanes) is 1. The second-order valence-corrected chi connectivity index (χ2v) is 25.1. The highest BCUT2D eigenvalue weighted by atomic mass is 16.7. The summed E-state index contributed by atoms with van der Waals surface area (Å²) in [5.41, 5.74) is -5.12. The Hall–Kier alpha value is -6.30. The Morgan fingerprint density at radius 2 is 1.33 bits per heavy atom. The van der Waals surface area contributed by atoms with Crippen LogP contribution in [0.2, 0.25) is 0 Å². The quantitative estimate of drug-likeness (QED) is 0.0361. The van der Waals surface area contributed by atoms with Gasteiger partial charge < -0.3 is 95.1 Å². The van der Waals surface area contributed by atoms with E-state index < -0.39 is 143 Å². The van der Waals surface area contributed by atoms with Crippen molar-refractivity contribution in [3.63, 3.8) is 0 Å². The van der Waals surface area contributed by atoms with Crippen LogP contribution in [0.4, 0.5) is 29.7 Å². The number of nitrogens with one attached hydrogen (secondary N) is 6. The molecule has 2 heterocycles. The van der Waals surface area contributed by atoms with Crippen LogP contribution in [0, 0.1) is 16.0 Å². The third-order valence-electron chi connectivity index (χ3n) is 13.0. The third-order valence-corrected chi connectivity index (χ3v) is 13.0. The maximum atomic E-state index is 14.1. The number of carbonyl (C=O) groups is 6. The molecule has 83 heavy (non-hydrogen) atoms. The first-order valence-electron chi connectivity index (χ1n) is 27.8. The molecule has 1 aliphatic carbocycles. The van der Waals surface area contributed by atoms with E-state index in [1.807, 2.05) is 0 Å². The molecule has 1 unspecified atom stereocenters. The van der Waals surface area contributed by atoms with Crippen LogP contribution in [0.5, 0.6) is 0 Å². The molecule has 1 aromatic rings. The third kappa shape index (κ3) is 23.0. The molecule has 4 rings (SSSR count). The Morgan fingerprint density at radius 1 is 0.759 bits per heavy atom. The molecular weight excluding hydrogens is 1090 g/mol. The number of rotatable bonds is 21. The molecule has 6 amide bonds. The zero-order chi connectivity index (χ0) is 62.4. The number of aliphatic hydroxyl groups is 4. The van der Waals surface area contributed by atoms with Crippen molar-refractivity contribution in [3.8, 4) is 0 Å². The van der Waals surface area contributed by atoms with E-state index in [0.29, 0.717) is 24.9 Å². The maximum absolute atomic E-state index is 14.1. The average Bonchev–Trinajstić information content (AvgIpc) is 3.56. The number of ether oxygens (including phenoxy) is 8. The van der Waals surface area contributed by atoms with E-state index in [4.69, 9.17) is 37.9 Å². The van der Waals surface area contributed by atoms with Crippen molar-refractivity contribution in [2.45, 2.75) is 218 Å². The molecule has 10 N–H and O–H groups in total. The molecule has 0 bridgehead atoms. The zero-order valence-electron chi connectivity index (χ0n) is 50.2. The molecule has 0 radical (unpaired) electrons. The minimum Gasteiger partial charge on any atom is -0.491 e. The van der Waals surface area contributed by atoms with Crippen LogP contribution in [0.3, 0.4) is 0 Å². The van der Waals surface area contributed by atoms with Crippen LogP contribution in [0.25, 0.3) is 0 Å². The van der Waals surface area contributed by atoms with E-state index in [9.17, 15) is 59.3 Å². The lowest BCUT2D eigenvalue weighted by molar-refractivity contribution is -0.384. The van der Waals surface area contributed by atoms with E-state index >= 15 is 0 Å². The van der Waals surface area contributed by atoms with Crippen molar-refractivity contribution in [2.75, 3.05) is 39.8 Å². The molecule has 28 nitrogen and oxygen atoms in total. The number of nitro groups is 1. The average molecular weight is 1180 g/mol. The van der Waals surface area contributed by atoms with Crippen molar-refractivity contribution in [1.82, 2.24) is 36.8 Å². The van der Waals surface area contributed by atoms with E-state index in [2.05, 4.69) is 31.9 Å². The standard InChI is InChI=1S/C55H90N8O20/c1-51(2,3)80-47(69)57-25-16-15-24-56-34-22-21-33(28-59-46(68)76-29-31-17-19-32(20-18-31)63(74)75)78-41(34)38-35(61-49(71)82-53(7,8)9)27-36(60-44(67)37(64)23-26-58-48(70)81-52(4,5)6)42(39(38)65)79-45-40(66)43(55(13,73)30-77-45)62(14)50(72)83-54(10,11)12/h17-21,34-43,45,56,64-66,73H,15-16,22-30H2,1-14H3,(H,57,69)(H,58,70)(H,59,68)(H,60,67)(H,61,71)/t34-,35+,36-,37+,38?,39+,40-,41+,42+,43-,45-,55+/m1/s1. The number of hydrogen-bond donors (Lipinski definition) is 10. The summed E-state index contributed by atoms with van der Waals surface area (Å²) in [6.07, 6.45) is -11.7. The van der Waals surface area contributed by atoms with Gasteiger partial charge in [0.05, 0.1) is 36.3 Å². The smallest absolute Gasteiger partial charge is 0.410 e. The number of nitro benzene ring substituents is 1. The van der Waals surface area contributed by atoms with Gasteiger partial charge in [0.25, 0.3) is 5.69 Å². The minimum absolute atomic E-state index is 0.145. The summed E-state index contributed by atoms with van der Waals surface area (Å²) in [6, 6.07) is 0.776. The number of amides is 6. The lowest BCUT2D eigenvalue weighted by atomic mass is 9.72. The summed E-state index contributed by atoms with van der Waals surface area (Å²) in [4.78, 5) is 90.9. The molecule has 1 aromatic carbocycles. The van der Waals surface area contributed by atoms with Gasteiger partial charge >= 0.3 is 30.5 Å². The van der Waals surface area contributed by atoms with Gasteiger partial charge in [0, 0.05) is 50.3 Å². The Labute approximate surface area is 484 Å². The zero-order valence-corrected chi connectivity index (χ0v) is 50.2. The highest BCUT2D eigenvalue weighted by Crippen LogP contribution is 2.39. The predicted molar refractivity (Wildman–Crippen MR) is 297 cm³/mol. The van der Waals surface area contributed by atoms with Gasteiger partial charge in [-0.25, -0.2) is 24.0 Å². The number of benzene rings is 1. The number of carbonyl (C=O) groups excluding carboxylic acids is 6. The molecule has 12 atom stereocenters. The first-order chi connectivity index (χ1) is 38.3. The molecule has 28 heteroatoms. The van der Waals surface area contributed by atoms with E-state index in [-0.39, 0.29) is 57.0 Å². The maximum Gasteiger partial charge on any atom is 0.410 e. The fourth-order valence-corrected chi connectivity index (χ4v) is 9.44. The number of likely N-dealkylation sites (N-methyl/N-ethyl adjacent to an activating group) is 1. The fourth-order valence-electron chi connectivity index (χ4n) is 9.44. The van der Waals surface area contributed by atoms with E-state index in [0.717, 1.165) is 4.90 Å². The molecule has 1 saturated heterocycles. The summed E-state index contributed by atoms with van der Waals surface area (Å²) in [5, 5.41) is 76.0.